The Morgan fingerprint density at radius 2 is 1.75 bits per heavy atom. The first kappa shape index (κ1) is 39.7. The Hall–Kier alpha value is -3.53. The summed E-state index contributed by atoms with van der Waals surface area (Å²) in [5.41, 5.74) is 2.46. The lowest BCUT2D eigenvalue weighted by atomic mass is 9.96. The predicted octanol–water partition coefficient (Wildman–Crippen LogP) is 8.40. The minimum atomic E-state index is -4.39. The third kappa shape index (κ3) is 8.97. The number of carbonyl (C=O) groups excluding carboxylic acids is 1. The number of hydrogen-bond acceptors (Lipinski definition) is 8. The quantitative estimate of drug-likeness (QED) is 0.0818. The van der Waals surface area contributed by atoms with Gasteiger partial charge in [-0.1, -0.05) is 74.0 Å². The fourth-order valence-electron chi connectivity index (χ4n) is 6.57. The number of aryl methyl sites for hydroxylation is 1. The highest BCUT2D eigenvalue weighted by Gasteiger charge is 2.50. The maximum Gasteiger partial charge on any atom is 0.389 e. The first-order valence-electron chi connectivity index (χ1n) is 17.8. The number of amides is 1. The van der Waals surface area contributed by atoms with Gasteiger partial charge in [0.25, 0.3) is 15.9 Å². The number of benzene rings is 2. The molecular formula is C37H49F3N4O6SSi. The van der Waals surface area contributed by atoms with Crippen LogP contribution in [0.15, 0.2) is 56.9 Å². The SMILES string of the molecule is CCOCc1cc(CN2C(=O)C3(CCCC3)N=C2CCC(F)(F)F)ccc1-c1ccccc1S(=O)(=O)N(COCC[Si](C)(C)C)c1onc(C)c1C. The Bertz CT molecular complexity index is 1880. The molecule has 1 spiro atoms. The van der Waals surface area contributed by atoms with Crippen LogP contribution in [0.2, 0.25) is 25.7 Å². The molecule has 284 valence electrons. The molecular weight excluding hydrogens is 714 g/mol. The summed E-state index contributed by atoms with van der Waals surface area (Å²) < 4.78 is 87.5. The van der Waals surface area contributed by atoms with Crippen molar-refractivity contribution in [3.63, 3.8) is 0 Å². The van der Waals surface area contributed by atoms with Gasteiger partial charge in [-0.25, -0.2) is 12.7 Å². The molecule has 5 rings (SSSR count). The Morgan fingerprint density at radius 3 is 2.38 bits per heavy atom. The average molecular weight is 763 g/mol. The summed E-state index contributed by atoms with van der Waals surface area (Å²) in [5, 5.41) is 4.01. The Labute approximate surface area is 305 Å². The van der Waals surface area contributed by atoms with Gasteiger partial charge >= 0.3 is 6.18 Å². The molecule has 52 heavy (non-hydrogen) atoms. The normalized spacial score (nSPS) is 16.3. The Morgan fingerprint density at radius 1 is 1.04 bits per heavy atom. The van der Waals surface area contributed by atoms with Crippen LogP contribution in [-0.2, 0) is 37.4 Å². The molecule has 1 saturated carbocycles. The fraction of sp³-hybridized carbons (Fsp3) is 0.541. The molecule has 1 aliphatic heterocycles. The van der Waals surface area contributed by atoms with E-state index in [-0.39, 0.29) is 48.8 Å². The van der Waals surface area contributed by atoms with Crippen LogP contribution < -0.4 is 4.31 Å². The summed E-state index contributed by atoms with van der Waals surface area (Å²) in [7, 11) is -5.74. The number of nitrogens with zero attached hydrogens (tertiary/aromatic N) is 4. The van der Waals surface area contributed by atoms with Crippen LogP contribution >= 0.6 is 0 Å². The maximum absolute atomic E-state index is 14.6. The average Bonchev–Trinajstić information content (AvgIpc) is 3.76. The lowest BCUT2D eigenvalue weighted by molar-refractivity contribution is -0.135. The molecule has 1 fully saturated rings. The van der Waals surface area contributed by atoms with E-state index < -0.39 is 36.2 Å². The zero-order chi connectivity index (χ0) is 37.9. The molecule has 0 N–H and O–H groups in total. The smallest absolute Gasteiger partial charge is 0.377 e. The standard InChI is InChI=1S/C37H49F3N4O6SSi/c1-7-48-24-29-22-28(23-43-33(16-19-37(38,39)40)41-36(35(43)45)17-10-11-18-36)14-15-30(29)31-12-8-9-13-32(31)51(46,47)44(25-49-20-21-52(4,5)6)34-26(2)27(3)42-50-34/h8-9,12-15,22H,7,10-11,16-21,23-25H2,1-6H3. The van der Waals surface area contributed by atoms with Crippen LogP contribution in [0, 0.1) is 13.8 Å². The summed E-state index contributed by atoms with van der Waals surface area (Å²) in [6.07, 6.45) is -3.21. The molecule has 3 aromatic rings. The fourth-order valence-corrected chi connectivity index (χ4v) is 8.87. The van der Waals surface area contributed by atoms with Crippen molar-refractivity contribution >= 4 is 35.7 Å². The van der Waals surface area contributed by atoms with Crippen molar-refractivity contribution in [2.24, 2.45) is 4.99 Å². The van der Waals surface area contributed by atoms with Crippen LogP contribution in [0.4, 0.5) is 19.1 Å². The highest BCUT2D eigenvalue weighted by molar-refractivity contribution is 7.93. The van der Waals surface area contributed by atoms with Crippen molar-refractivity contribution < 1.29 is 40.4 Å². The first-order valence-corrected chi connectivity index (χ1v) is 22.9. The highest BCUT2D eigenvalue weighted by atomic mass is 32.2. The van der Waals surface area contributed by atoms with Crippen LogP contribution in [0.5, 0.6) is 0 Å². The molecule has 0 radical (unpaired) electrons. The lowest BCUT2D eigenvalue weighted by Gasteiger charge is -2.25. The van der Waals surface area contributed by atoms with E-state index in [1.165, 1.54) is 11.0 Å². The van der Waals surface area contributed by atoms with Crippen LogP contribution in [0.25, 0.3) is 11.1 Å². The van der Waals surface area contributed by atoms with Gasteiger partial charge in [0, 0.05) is 38.8 Å². The van der Waals surface area contributed by atoms with Gasteiger partial charge in [-0.2, -0.15) is 13.2 Å². The van der Waals surface area contributed by atoms with Gasteiger partial charge in [-0.05, 0) is 62.4 Å². The second-order valence-electron chi connectivity index (χ2n) is 14.8. The van der Waals surface area contributed by atoms with Gasteiger partial charge in [0.15, 0.2) is 0 Å². The van der Waals surface area contributed by atoms with Gasteiger partial charge in [-0.3, -0.25) is 14.7 Å². The molecule has 2 aliphatic rings. The van der Waals surface area contributed by atoms with Crippen LogP contribution in [0.3, 0.4) is 0 Å². The van der Waals surface area contributed by atoms with Gasteiger partial charge in [0.2, 0.25) is 5.88 Å². The largest absolute Gasteiger partial charge is 0.389 e. The Balaban J connectivity index is 1.51. The van der Waals surface area contributed by atoms with Crippen molar-refractivity contribution in [3.8, 4) is 11.1 Å². The summed E-state index contributed by atoms with van der Waals surface area (Å²) in [4.78, 5) is 19.8. The number of hydrogen-bond donors (Lipinski definition) is 0. The van der Waals surface area contributed by atoms with E-state index >= 15 is 0 Å². The molecule has 0 unspecified atom stereocenters. The van der Waals surface area contributed by atoms with Crippen molar-refractivity contribution in [1.82, 2.24) is 10.1 Å². The lowest BCUT2D eigenvalue weighted by Crippen LogP contribution is -2.40. The van der Waals surface area contributed by atoms with Gasteiger partial charge in [-0.15, -0.1) is 0 Å². The van der Waals surface area contributed by atoms with E-state index in [1.807, 2.05) is 13.0 Å². The van der Waals surface area contributed by atoms with Crippen molar-refractivity contribution in [3.05, 3.63) is 64.8 Å². The molecule has 0 atom stereocenters. The van der Waals surface area contributed by atoms with E-state index in [9.17, 15) is 26.4 Å². The minimum Gasteiger partial charge on any atom is -0.377 e. The van der Waals surface area contributed by atoms with E-state index in [2.05, 4.69) is 29.8 Å². The molecule has 1 amide bonds. The minimum absolute atomic E-state index is 0.0159. The van der Waals surface area contributed by atoms with Gasteiger partial charge < -0.3 is 14.0 Å². The van der Waals surface area contributed by atoms with E-state index in [0.29, 0.717) is 59.6 Å². The molecule has 0 bridgehead atoms. The van der Waals surface area contributed by atoms with E-state index in [0.717, 1.165) is 23.2 Å². The topological polar surface area (TPSA) is 115 Å². The number of ether oxygens (including phenoxy) is 2. The molecule has 10 nitrogen and oxygen atoms in total. The predicted molar refractivity (Wildman–Crippen MR) is 196 cm³/mol. The van der Waals surface area contributed by atoms with Crippen molar-refractivity contribution in [2.75, 3.05) is 24.2 Å². The third-order valence-corrected chi connectivity index (χ3v) is 13.1. The number of aromatic nitrogens is 1. The number of aliphatic imine (C=N–C) groups is 1. The monoisotopic (exact) mass is 762 g/mol. The molecule has 2 aromatic carbocycles. The number of carbonyl (C=O) groups is 1. The molecule has 2 heterocycles. The second-order valence-corrected chi connectivity index (χ2v) is 22.2. The maximum atomic E-state index is 14.6. The van der Waals surface area contributed by atoms with Crippen molar-refractivity contribution in [2.45, 2.75) is 115 Å². The van der Waals surface area contributed by atoms with E-state index in [4.69, 9.17) is 14.0 Å². The molecule has 1 aliphatic carbocycles. The zero-order valence-corrected chi connectivity index (χ0v) is 32.6. The number of alkyl halides is 3. The summed E-state index contributed by atoms with van der Waals surface area (Å²) >= 11 is 0. The molecule has 1 aromatic heterocycles. The number of halogens is 3. The summed E-state index contributed by atoms with van der Waals surface area (Å²) in [6, 6.07) is 12.9. The summed E-state index contributed by atoms with van der Waals surface area (Å²) in [5.74, 6) is -0.0381. The number of anilines is 1. The number of rotatable bonds is 16. The van der Waals surface area contributed by atoms with E-state index in [1.54, 1.807) is 44.2 Å². The van der Waals surface area contributed by atoms with Gasteiger partial charge in [0.1, 0.15) is 18.1 Å². The zero-order valence-electron chi connectivity index (χ0n) is 30.8. The number of sulfonamides is 1. The molecule has 0 saturated heterocycles. The third-order valence-electron chi connectivity index (χ3n) is 9.64. The molecule has 15 heteroatoms. The van der Waals surface area contributed by atoms with Crippen LogP contribution in [0.1, 0.15) is 67.8 Å². The first-order chi connectivity index (χ1) is 24.5. The van der Waals surface area contributed by atoms with Crippen LogP contribution in [-0.4, -0.2) is 70.0 Å². The Kier molecular flexibility index (Phi) is 12.1. The van der Waals surface area contributed by atoms with Crippen molar-refractivity contribution in [1.29, 1.82) is 0 Å². The highest BCUT2D eigenvalue weighted by Crippen LogP contribution is 2.41. The second kappa shape index (κ2) is 15.8. The van der Waals surface area contributed by atoms with Gasteiger partial charge in [0.05, 0.1) is 30.2 Å². The summed E-state index contributed by atoms with van der Waals surface area (Å²) in [6.45, 7) is 12.6. The number of amidine groups is 1.